The molecule has 2 rings (SSSR count). The number of ether oxygens (including phenoxy) is 1. The minimum atomic E-state index is -0.538. The molecule has 0 N–H and O–H groups in total. The fourth-order valence-corrected chi connectivity index (χ4v) is 1.99. The van der Waals surface area contributed by atoms with Gasteiger partial charge in [0.2, 0.25) is 0 Å². The number of esters is 1. The van der Waals surface area contributed by atoms with E-state index in [1.165, 1.54) is 10.6 Å². The van der Waals surface area contributed by atoms with Crippen LogP contribution in [-0.4, -0.2) is 21.6 Å². The third-order valence-electron chi connectivity index (χ3n) is 2.88. The molecule has 0 fully saturated rings. The Hall–Kier alpha value is -2.94. The summed E-state index contributed by atoms with van der Waals surface area (Å²) in [6, 6.07) is 10.1. The average Bonchev–Trinajstić information content (AvgIpc) is 2.49. The molecule has 0 spiro atoms. The molecule has 0 radical (unpaired) electrons. The van der Waals surface area contributed by atoms with E-state index in [1.807, 2.05) is 6.07 Å². The maximum atomic E-state index is 12.3. The highest BCUT2D eigenvalue weighted by Gasteiger charge is 2.15. The molecule has 0 unspecified atom stereocenters. The fraction of sp³-hybridized carbons (Fsp3) is 0.250. The maximum absolute atomic E-state index is 12.3. The molecule has 6 heteroatoms. The van der Waals surface area contributed by atoms with Crippen molar-refractivity contribution >= 4 is 5.97 Å². The molecular weight excluding hydrogens is 282 g/mol. The lowest BCUT2D eigenvalue weighted by Crippen LogP contribution is -2.29. The Kier molecular flexibility index (Phi) is 4.69. The van der Waals surface area contributed by atoms with Crippen LogP contribution in [0.15, 0.2) is 41.3 Å². The van der Waals surface area contributed by atoms with Crippen LogP contribution in [0.4, 0.5) is 0 Å². The van der Waals surface area contributed by atoms with E-state index >= 15 is 0 Å². The number of carbonyl (C=O) groups excluding carboxylic acids is 1. The first kappa shape index (κ1) is 15.4. The van der Waals surface area contributed by atoms with Gasteiger partial charge in [0.05, 0.1) is 17.5 Å². The van der Waals surface area contributed by atoms with E-state index in [9.17, 15) is 9.59 Å². The number of aromatic nitrogens is 2. The van der Waals surface area contributed by atoms with Crippen molar-refractivity contribution in [3.63, 3.8) is 0 Å². The first-order chi connectivity index (χ1) is 10.5. The van der Waals surface area contributed by atoms with Crippen molar-refractivity contribution in [2.24, 2.45) is 0 Å². The molecule has 2 aromatic rings. The van der Waals surface area contributed by atoms with Gasteiger partial charge in [0.15, 0.2) is 0 Å². The number of hydrogen-bond donors (Lipinski definition) is 0. The number of pyridine rings is 2. The predicted molar refractivity (Wildman–Crippen MR) is 79.9 cm³/mol. The molecule has 0 atom stereocenters. The van der Waals surface area contributed by atoms with Crippen LogP contribution in [0.3, 0.4) is 0 Å². The monoisotopic (exact) mass is 297 g/mol. The third kappa shape index (κ3) is 3.38. The zero-order valence-corrected chi connectivity index (χ0v) is 12.3. The Labute approximate surface area is 127 Å². The van der Waals surface area contributed by atoms with Crippen molar-refractivity contribution in [2.45, 2.75) is 26.5 Å². The van der Waals surface area contributed by atoms with Gasteiger partial charge in [-0.05, 0) is 38.1 Å². The second-order valence-electron chi connectivity index (χ2n) is 4.89. The van der Waals surface area contributed by atoms with Crippen LogP contribution in [0.25, 0.3) is 11.4 Å². The van der Waals surface area contributed by atoms with Crippen LogP contribution >= 0.6 is 0 Å². The highest BCUT2D eigenvalue weighted by atomic mass is 16.5. The van der Waals surface area contributed by atoms with Gasteiger partial charge in [0, 0.05) is 6.20 Å². The molecule has 0 aliphatic carbocycles. The number of nitrogens with zero attached hydrogens (tertiary/aromatic N) is 3. The van der Waals surface area contributed by atoms with Crippen LogP contribution in [0.2, 0.25) is 0 Å². The topological polar surface area (TPSA) is 85.0 Å². The van der Waals surface area contributed by atoms with Crippen molar-refractivity contribution in [3.8, 4) is 17.5 Å². The van der Waals surface area contributed by atoms with Crippen molar-refractivity contribution in [1.82, 2.24) is 9.55 Å². The summed E-state index contributed by atoms with van der Waals surface area (Å²) in [4.78, 5) is 28.4. The lowest BCUT2D eigenvalue weighted by molar-refractivity contribution is -0.148. The van der Waals surface area contributed by atoms with Gasteiger partial charge in [-0.25, -0.2) is 0 Å². The summed E-state index contributed by atoms with van der Waals surface area (Å²) in [5, 5.41) is 8.99. The largest absolute Gasteiger partial charge is 0.462 e. The van der Waals surface area contributed by atoms with Crippen LogP contribution in [0, 0.1) is 11.3 Å². The number of carbonyl (C=O) groups is 1. The van der Waals surface area contributed by atoms with Gasteiger partial charge >= 0.3 is 5.97 Å². The molecule has 112 valence electrons. The first-order valence-electron chi connectivity index (χ1n) is 6.77. The smallest absolute Gasteiger partial charge is 0.326 e. The highest BCUT2D eigenvalue weighted by Crippen LogP contribution is 2.15. The lowest BCUT2D eigenvalue weighted by atomic mass is 10.2. The normalized spacial score (nSPS) is 10.3. The Morgan fingerprint density at radius 3 is 2.73 bits per heavy atom. The van der Waals surface area contributed by atoms with E-state index in [2.05, 4.69) is 4.98 Å². The van der Waals surface area contributed by atoms with E-state index in [-0.39, 0.29) is 18.2 Å². The quantitative estimate of drug-likeness (QED) is 0.802. The average molecular weight is 297 g/mol. The fourth-order valence-electron chi connectivity index (χ4n) is 1.99. The van der Waals surface area contributed by atoms with E-state index in [4.69, 9.17) is 10.00 Å². The van der Waals surface area contributed by atoms with Crippen LogP contribution in [-0.2, 0) is 16.1 Å². The Bertz CT molecular complexity index is 773. The van der Waals surface area contributed by atoms with E-state index in [1.54, 1.807) is 44.3 Å². The Morgan fingerprint density at radius 1 is 1.36 bits per heavy atom. The van der Waals surface area contributed by atoms with Crippen molar-refractivity contribution in [1.29, 1.82) is 5.26 Å². The summed E-state index contributed by atoms with van der Waals surface area (Å²) >= 11 is 0. The molecule has 22 heavy (non-hydrogen) atoms. The molecule has 6 nitrogen and oxygen atoms in total. The molecule has 0 aliphatic heterocycles. The molecule has 2 heterocycles. The van der Waals surface area contributed by atoms with Crippen LogP contribution in [0.1, 0.15) is 19.4 Å². The number of nitriles is 1. The summed E-state index contributed by atoms with van der Waals surface area (Å²) in [5.41, 5.74) is 0.440. The lowest BCUT2D eigenvalue weighted by Gasteiger charge is -2.13. The van der Waals surface area contributed by atoms with Crippen LogP contribution in [0.5, 0.6) is 0 Å². The maximum Gasteiger partial charge on any atom is 0.326 e. The number of rotatable bonds is 4. The van der Waals surface area contributed by atoms with E-state index in [0.29, 0.717) is 11.4 Å². The SMILES string of the molecule is CC(C)OC(=O)Cn1c(-c2ccccn2)ccc(C#N)c1=O. The van der Waals surface area contributed by atoms with Crippen molar-refractivity contribution < 1.29 is 9.53 Å². The standard InChI is InChI=1S/C16H15N3O3/c1-11(2)22-15(20)10-19-14(13-5-3-4-8-18-13)7-6-12(9-17)16(19)21/h3-8,11H,10H2,1-2H3. The summed E-state index contributed by atoms with van der Waals surface area (Å²) in [7, 11) is 0. The zero-order chi connectivity index (χ0) is 16.1. The second-order valence-corrected chi connectivity index (χ2v) is 4.89. The van der Waals surface area contributed by atoms with Gasteiger partial charge < -0.3 is 4.74 Å². The molecule has 0 amide bonds. The van der Waals surface area contributed by atoms with Crippen molar-refractivity contribution in [2.75, 3.05) is 0 Å². The zero-order valence-electron chi connectivity index (χ0n) is 12.3. The Balaban J connectivity index is 2.51. The third-order valence-corrected chi connectivity index (χ3v) is 2.88. The molecule has 2 aromatic heterocycles. The highest BCUT2D eigenvalue weighted by molar-refractivity contribution is 5.71. The summed E-state index contributed by atoms with van der Waals surface area (Å²) in [6.45, 7) is 3.19. The molecular formula is C16H15N3O3. The second kappa shape index (κ2) is 6.68. The first-order valence-corrected chi connectivity index (χ1v) is 6.77. The van der Waals surface area contributed by atoms with Gasteiger partial charge in [0.1, 0.15) is 18.2 Å². The van der Waals surface area contributed by atoms with Crippen molar-refractivity contribution in [3.05, 3.63) is 52.4 Å². The summed E-state index contributed by atoms with van der Waals surface area (Å²) in [5.74, 6) is -0.538. The minimum absolute atomic E-state index is 0.0305. The summed E-state index contributed by atoms with van der Waals surface area (Å²) in [6.07, 6.45) is 1.31. The number of hydrogen-bond acceptors (Lipinski definition) is 5. The molecule has 0 saturated carbocycles. The van der Waals surface area contributed by atoms with Gasteiger partial charge in [-0.3, -0.25) is 19.1 Å². The van der Waals surface area contributed by atoms with Gasteiger partial charge in [-0.1, -0.05) is 6.07 Å². The van der Waals surface area contributed by atoms with E-state index in [0.717, 1.165) is 0 Å². The molecule has 0 saturated heterocycles. The van der Waals surface area contributed by atoms with Gasteiger partial charge in [0.25, 0.3) is 5.56 Å². The van der Waals surface area contributed by atoms with Gasteiger partial charge in [-0.2, -0.15) is 5.26 Å². The summed E-state index contributed by atoms with van der Waals surface area (Å²) < 4.78 is 6.29. The predicted octanol–water partition coefficient (Wildman–Crippen LogP) is 1.73. The van der Waals surface area contributed by atoms with Crippen LogP contribution < -0.4 is 5.56 Å². The van der Waals surface area contributed by atoms with E-state index < -0.39 is 11.5 Å². The molecule has 0 bridgehead atoms. The molecule has 0 aromatic carbocycles. The minimum Gasteiger partial charge on any atom is -0.462 e. The molecule has 0 aliphatic rings. The Morgan fingerprint density at radius 2 is 2.14 bits per heavy atom. The van der Waals surface area contributed by atoms with Gasteiger partial charge in [-0.15, -0.1) is 0 Å².